The number of hydrogen-bond donors (Lipinski definition) is 1. The van der Waals surface area contributed by atoms with Crippen molar-refractivity contribution in [2.75, 3.05) is 5.32 Å². The van der Waals surface area contributed by atoms with Crippen molar-refractivity contribution in [3.05, 3.63) is 74.2 Å². The summed E-state index contributed by atoms with van der Waals surface area (Å²) in [6.07, 6.45) is 2.95. The van der Waals surface area contributed by atoms with Crippen LogP contribution in [0, 0.1) is 13.8 Å². The average molecular weight is 372 g/mol. The minimum atomic E-state index is -0.470. The van der Waals surface area contributed by atoms with Gasteiger partial charge in [-0.25, -0.2) is 4.98 Å². The molecule has 0 saturated heterocycles. The number of fused-ring (bicyclic) bond motifs is 1. The maximum Gasteiger partial charge on any atom is 0.270 e. The summed E-state index contributed by atoms with van der Waals surface area (Å²) >= 11 is 3.38. The molecule has 1 aromatic carbocycles. The third-order valence-electron chi connectivity index (χ3n) is 3.55. The number of benzene rings is 1. The van der Waals surface area contributed by atoms with Gasteiger partial charge in [0.1, 0.15) is 11.2 Å². The van der Waals surface area contributed by atoms with Crippen LogP contribution < -0.4 is 10.9 Å². The summed E-state index contributed by atoms with van der Waals surface area (Å²) in [5, 5.41) is 2.76. The maximum atomic E-state index is 12.5. The summed E-state index contributed by atoms with van der Waals surface area (Å²) in [5.41, 5.74) is 2.70. The minimum Gasteiger partial charge on any atom is -0.322 e. The van der Waals surface area contributed by atoms with Crippen LogP contribution in [0.25, 0.3) is 5.65 Å². The molecule has 0 aliphatic heterocycles. The number of rotatable bonds is 2. The van der Waals surface area contributed by atoms with Crippen LogP contribution in [0.3, 0.4) is 0 Å². The smallest absolute Gasteiger partial charge is 0.270 e. The Bertz CT molecular complexity index is 979. The fourth-order valence-electron chi connectivity index (χ4n) is 2.29. The highest BCUT2D eigenvalue weighted by Gasteiger charge is 2.14. The van der Waals surface area contributed by atoms with E-state index in [9.17, 15) is 9.59 Å². The van der Waals surface area contributed by atoms with Crippen LogP contribution in [0.4, 0.5) is 5.69 Å². The highest BCUT2D eigenvalue weighted by atomic mass is 79.9. The molecule has 1 amide bonds. The van der Waals surface area contributed by atoms with E-state index >= 15 is 0 Å². The summed E-state index contributed by atoms with van der Waals surface area (Å²) in [4.78, 5) is 29.1. The van der Waals surface area contributed by atoms with Gasteiger partial charge in [-0.1, -0.05) is 15.9 Å². The molecule has 116 valence electrons. The second kappa shape index (κ2) is 5.96. The Balaban J connectivity index is 1.99. The number of halogens is 1. The molecule has 0 aliphatic rings. The summed E-state index contributed by atoms with van der Waals surface area (Å²) in [7, 11) is 0. The molecule has 0 saturated carbocycles. The highest BCUT2D eigenvalue weighted by molar-refractivity contribution is 9.10. The summed E-state index contributed by atoms with van der Waals surface area (Å²) in [6, 6.07) is 9.10. The Hall–Kier alpha value is -2.47. The lowest BCUT2D eigenvalue weighted by Gasteiger charge is -2.09. The Labute approximate surface area is 141 Å². The molecule has 0 atom stereocenters. The van der Waals surface area contributed by atoms with E-state index in [-0.39, 0.29) is 11.1 Å². The average Bonchev–Trinajstić information content (AvgIpc) is 2.50. The van der Waals surface area contributed by atoms with E-state index in [1.807, 2.05) is 26.0 Å². The van der Waals surface area contributed by atoms with Crippen LogP contribution in [0.15, 0.2) is 52.0 Å². The zero-order valence-electron chi connectivity index (χ0n) is 12.6. The number of carbonyl (C=O) groups is 1. The summed E-state index contributed by atoms with van der Waals surface area (Å²) < 4.78 is 2.30. The van der Waals surface area contributed by atoms with E-state index in [1.54, 1.807) is 24.4 Å². The highest BCUT2D eigenvalue weighted by Crippen LogP contribution is 2.20. The van der Waals surface area contributed by atoms with Crippen LogP contribution in [0.1, 0.15) is 21.5 Å². The van der Waals surface area contributed by atoms with Crippen molar-refractivity contribution in [1.82, 2.24) is 9.38 Å². The second-order valence-electron chi connectivity index (χ2n) is 5.32. The van der Waals surface area contributed by atoms with E-state index in [2.05, 4.69) is 26.2 Å². The van der Waals surface area contributed by atoms with Crippen molar-refractivity contribution in [2.45, 2.75) is 13.8 Å². The SMILES string of the molecule is Cc1ccn2c(=O)c(C(=O)Nc3ccc(Br)cc3C)cnc2c1. The van der Waals surface area contributed by atoms with Gasteiger partial charge in [-0.15, -0.1) is 0 Å². The largest absolute Gasteiger partial charge is 0.322 e. The molecule has 3 rings (SSSR count). The normalized spacial score (nSPS) is 10.7. The van der Waals surface area contributed by atoms with E-state index in [0.29, 0.717) is 11.3 Å². The van der Waals surface area contributed by atoms with Crippen LogP contribution in [-0.4, -0.2) is 15.3 Å². The van der Waals surface area contributed by atoms with Crippen molar-refractivity contribution in [3.8, 4) is 0 Å². The fourth-order valence-corrected chi connectivity index (χ4v) is 2.76. The van der Waals surface area contributed by atoms with Gasteiger partial charge in [-0.05, 0) is 55.3 Å². The predicted octanol–water partition coefficient (Wildman–Crippen LogP) is 3.33. The summed E-state index contributed by atoms with van der Waals surface area (Å²) in [5.74, 6) is -0.470. The Morgan fingerprint density at radius 1 is 1.22 bits per heavy atom. The van der Waals surface area contributed by atoms with Crippen LogP contribution in [-0.2, 0) is 0 Å². The van der Waals surface area contributed by atoms with Crippen molar-refractivity contribution < 1.29 is 4.79 Å². The van der Waals surface area contributed by atoms with Gasteiger partial charge < -0.3 is 5.32 Å². The number of pyridine rings is 1. The quantitative estimate of drug-likeness (QED) is 0.751. The van der Waals surface area contributed by atoms with E-state index < -0.39 is 5.91 Å². The number of nitrogens with one attached hydrogen (secondary N) is 1. The third-order valence-corrected chi connectivity index (χ3v) is 4.04. The van der Waals surface area contributed by atoms with Crippen molar-refractivity contribution in [1.29, 1.82) is 0 Å². The Morgan fingerprint density at radius 2 is 2.00 bits per heavy atom. The first-order chi connectivity index (χ1) is 11.0. The fraction of sp³-hybridized carbons (Fsp3) is 0.118. The number of amides is 1. The standard InChI is InChI=1S/C17H14BrN3O2/c1-10-5-6-21-15(7-10)19-9-13(17(21)23)16(22)20-14-4-3-12(18)8-11(14)2/h3-9H,1-2H3,(H,20,22). The van der Waals surface area contributed by atoms with Crippen LogP contribution >= 0.6 is 15.9 Å². The number of carbonyl (C=O) groups excluding carboxylic acids is 1. The lowest BCUT2D eigenvalue weighted by molar-refractivity contribution is 0.102. The first-order valence-electron chi connectivity index (χ1n) is 7.01. The lowest BCUT2D eigenvalue weighted by atomic mass is 10.2. The molecule has 0 radical (unpaired) electrons. The summed E-state index contributed by atoms with van der Waals surface area (Å²) in [6.45, 7) is 3.80. The predicted molar refractivity (Wildman–Crippen MR) is 93.0 cm³/mol. The third kappa shape index (κ3) is 3.03. The molecule has 0 aliphatic carbocycles. The van der Waals surface area contributed by atoms with Crippen LogP contribution in [0.5, 0.6) is 0 Å². The number of nitrogens with zero attached hydrogens (tertiary/aromatic N) is 2. The second-order valence-corrected chi connectivity index (χ2v) is 6.24. The molecule has 3 aromatic rings. The molecule has 0 fully saturated rings. The van der Waals surface area contributed by atoms with Gasteiger partial charge in [-0.3, -0.25) is 14.0 Å². The number of anilines is 1. The molecular weight excluding hydrogens is 358 g/mol. The van der Waals surface area contributed by atoms with Crippen molar-refractivity contribution in [3.63, 3.8) is 0 Å². The number of hydrogen-bond acceptors (Lipinski definition) is 3. The number of aryl methyl sites for hydroxylation is 2. The number of aromatic nitrogens is 2. The van der Waals surface area contributed by atoms with E-state index in [0.717, 1.165) is 15.6 Å². The molecule has 5 nitrogen and oxygen atoms in total. The molecule has 2 heterocycles. The molecule has 0 unspecified atom stereocenters. The van der Waals surface area contributed by atoms with E-state index in [1.165, 1.54) is 10.6 Å². The Kier molecular flexibility index (Phi) is 4.00. The van der Waals surface area contributed by atoms with Gasteiger partial charge in [0.25, 0.3) is 11.5 Å². The maximum absolute atomic E-state index is 12.5. The van der Waals surface area contributed by atoms with E-state index in [4.69, 9.17) is 0 Å². The molecule has 0 spiro atoms. The monoisotopic (exact) mass is 371 g/mol. The molecule has 1 N–H and O–H groups in total. The van der Waals surface area contributed by atoms with Gasteiger partial charge in [-0.2, -0.15) is 0 Å². The zero-order valence-corrected chi connectivity index (χ0v) is 14.2. The van der Waals surface area contributed by atoms with Gasteiger partial charge in [0.2, 0.25) is 0 Å². The van der Waals surface area contributed by atoms with Gasteiger partial charge in [0.15, 0.2) is 0 Å². The minimum absolute atomic E-state index is 0.00803. The molecular formula is C17H14BrN3O2. The topological polar surface area (TPSA) is 63.5 Å². The Morgan fingerprint density at radius 3 is 2.74 bits per heavy atom. The van der Waals surface area contributed by atoms with Gasteiger partial charge in [0, 0.05) is 22.6 Å². The van der Waals surface area contributed by atoms with Crippen molar-refractivity contribution >= 4 is 33.2 Å². The van der Waals surface area contributed by atoms with Gasteiger partial charge >= 0.3 is 0 Å². The van der Waals surface area contributed by atoms with Crippen molar-refractivity contribution in [2.24, 2.45) is 0 Å². The van der Waals surface area contributed by atoms with Gasteiger partial charge in [0.05, 0.1) is 0 Å². The molecule has 2 aromatic heterocycles. The molecule has 6 heteroatoms. The zero-order chi connectivity index (χ0) is 16.6. The first kappa shape index (κ1) is 15.4. The molecule has 0 bridgehead atoms. The first-order valence-corrected chi connectivity index (χ1v) is 7.80. The van der Waals surface area contributed by atoms with Crippen LogP contribution in [0.2, 0.25) is 0 Å². The lowest BCUT2D eigenvalue weighted by Crippen LogP contribution is -2.26. The molecule has 23 heavy (non-hydrogen) atoms.